The number of rotatable bonds is 7. The van der Waals surface area contributed by atoms with Gasteiger partial charge in [0.15, 0.2) is 29.6 Å². The number of nitrogens with one attached hydrogen (secondary N) is 1. The number of esters is 2. The lowest BCUT2D eigenvalue weighted by Gasteiger charge is -2.23. The third-order valence-corrected chi connectivity index (χ3v) is 4.20. The van der Waals surface area contributed by atoms with Crippen LogP contribution in [0.1, 0.15) is 26.5 Å². The molecule has 1 aliphatic rings. The van der Waals surface area contributed by atoms with Crippen LogP contribution >= 0.6 is 0 Å². The van der Waals surface area contributed by atoms with Gasteiger partial charge in [-0.05, 0) is 0 Å². The number of ether oxygens (including phenoxy) is 4. The van der Waals surface area contributed by atoms with Gasteiger partial charge in [-0.3, -0.25) is 28.7 Å². The second-order valence-electron chi connectivity index (χ2n) is 6.24. The van der Waals surface area contributed by atoms with Gasteiger partial charge < -0.3 is 24.7 Å². The fraction of sp³-hybridized carbons (Fsp3) is 0.500. The van der Waals surface area contributed by atoms with E-state index in [4.69, 9.17) is 24.7 Å². The van der Waals surface area contributed by atoms with E-state index in [0.29, 0.717) is 0 Å². The smallest absolute Gasteiger partial charge is 0.303 e. The maximum absolute atomic E-state index is 12.0. The minimum absolute atomic E-state index is 0.00106. The Kier molecular flexibility index (Phi) is 5.77. The number of carbonyl (C=O) groups is 3. The number of fused-ring (bicyclic) bond motifs is 1. The van der Waals surface area contributed by atoms with Crippen molar-refractivity contribution in [1.29, 1.82) is 0 Å². The number of hydrogen-bond donors (Lipinski definition) is 2. The minimum atomic E-state index is -1.07. The Morgan fingerprint density at radius 1 is 1.31 bits per heavy atom. The number of imidazole rings is 1. The molecule has 13 heteroatoms. The highest BCUT2D eigenvalue weighted by Gasteiger charge is 2.50. The summed E-state index contributed by atoms with van der Waals surface area (Å²) in [6.07, 6.45) is -2.42. The lowest BCUT2D eigenvalue weighted by molar-refractivity contribution is -0.165. The van der Waals surface area contributed by atoms with Gasteiger partial charge in [-0.1, -0.05) is 0 Å². The van der Waals surface area contributed by atoms with E-state index in [2.05, 4.69) is 15.0 Å². The van der Waals surface area contributed by atoms with Crippen LogP contribution in [0.4, 0.5) is 5.95 Å². The first-order valence-corrected chi connectivity index (χ1v) is 8.59. The molecule has 156 valence electrons. The molecule has 0 amide bonds. The molecular formula is C16H19N5O8. The van der Waals surface area contributed by atoms with E-state index in [9.17, 15) is 19.2 Å². The molecule has 29 heavy (non-hydrogen) atoms. The average molecular weight is 409 g/mol. The molecule has 0 saturated carbocycles. The van der Waals surface area contributed by atoms with Crippen molar-refractivity contribution in [3.8, 4) is 0 Å². The maximum Gasteiger partial charge on any atom is 0.303 e. The number of nitrogens with two attached hydrogens (primary N) is 1. The number of nitrogen functional groups attached to an aromatic ring is 1. The van der Waals surface area contributed by atoms with E-state index in [1.807, 2.05) is 0 Å². The summed E-state index contributed by atoms with van der Waals surface area (Å²) >= 11 is 0. The van der Waals surface area contributed by atoms with Gasteiger partial charge in [0.1, 0.15) is 6.10 Å². The summed E-state index contributed by atoms with van der Waals surface area (Å²) in [5.41, 5.74) is 5.16. The number of aromatic amines is 1. The average Bonchev–Trinajstić information content (AvgIpc) is 3.17. The number of hydrogen-bond acceptors (Lipinski definition) is 11. The molecule has 13 nitrogen and oxygen atoms in total. The van der Waals surface area contributed by atoms with Gasteiger partial charge in [-0.25, -0.2) is 4.98 Å². The zero-order valence-electron chi connectivity index (χ0n) is 15.6. The van der Waals surface area contributed by atoms with E-state index in [-0.39, 0.29) is 36.6 Å². The van der Waals surface area contributed by atoms with Crippen LogP contribution in [0, 0.1) is 0 Å². The zero-order valence-corrected chi connectivity index (χ0v) is 15.6. The quantitative estimate of drug-likeness (QED) is 0.249. The minimum Gasteiger partial charge on any atom is -0.468 e. The van der Waals surface area contributed by atoms with Crippen molar-refractivity contribution in [1.82, 2.24) is 19.5 Å². The SMILES string of the molecule is CC(=O)O[C@@H]1[C@@H](CCOC=O)OC(n2cnc3c(=O)[nH]c(N)nc32)[C@@H]1OC(C)=O. The molecule has 4 atom stereocenters. The van der Waals surface area contributed by atoms with Gasteiger partial charge in [0, 0.05) is 20.3 Å². The molecule has 2 aromatic rings. The highest BCUT2D eigenvalue weighted by molar-refractivity contribution is 5.71. The summed E-state index contributed by atoms with van der Waals surface area (Å²) < 4.78 is 22.7. The standard InChI is InChI=1S/C16H19N5O8/c1-7(23)27-11-9(3-4-26-6-22)29-15(12(11)28-8(2)24)21-5-18-10-13(21)19-16(17)20-14(10)25/h5-6,9,11-12,15H,3-4H2,1-2H3,(H3,17,19,20,25)/t9-,11-,12-,15?/m1/s1. The van der Waals surface area contributed by atoms with Gasteiger partial charge >= 0.3 is 11.9 Å². The number of H-pyrrole nitrogens is 1. The highest BCUT2D eigenvalue weighted by Crippen LogP contribution is 2.36. The maximum atomic E-state index is 12.0. The Hall–Kier alpha value is -3.48. The summed E-state index contributed by atoms with van der Waals surface area (Å²) in [5.74, 6) is -1.40. The Labute approximate surface area is 163 Å². The Morgan fingerprint density at radius 3 is 2.66 bits per heavy atom. The van der Waals surface area contributed by atoms with Gasteiger partial charge in [-0.15, -0.1) is 0 Å². The molecule has 0 aliphatic carbocycles. The second kappa shape index (κ2) is 8.26. The van der Waals surface area contributed by atoms with Crippen molar-refractivity contribution < 1.29 is 33.3 Å². The van der Waals surface area contributed by atoms with Crippen LogP contribution in [-0.4, -0.2) is 62.8 Å². The summed E-state index contributed by atoms with van der Waals surface area (Å²) in [5, 5.41) is 0. The van der Waals surface area contributed by atoms with Gasteiger partial charge in [0.25, 0.3) is 12.0 Å². The van der Waals surface area contributed by atoms with Crippen molar-refractivity contribution >= 4 is 35.5 Å². The lowest BCUT2D eigenvalue weighted by Crippen LogP contribution is -2.39. The summed E-state index contributed by atoms with van der Waals surface area (Å²) in [6.45, 7) is 2.66. The summed E-state index contributed by atoms with van der Waals surface area (Å²) in [7, 11) is 0. The molecule has 3 rings (SSSR count). The fourth-order valence-electron chi connectivity index (χ4n) is 3.18. The van der Waals surface area contributed by atoms with Crippen LogP contribution in [0.5, 0.6) is 0 Å². The molecule has 3 N–H and O–H groups in total. The Balaban J connectivity index is 2.03. The predicted molar refractivity (Wildman–Crippen MR) is 94.2 cm³/mol. The van der Waals surface area contributed by atoms with Gasteiger partial charge in [0.05, 0.1) is 12.9 Å². The predicted octanol–water partition coefficient (Wildman–Crippen LogP) is -0.974. The number of anilines is 1. The molecule has 1 fully saturated rings. The summed E-state index contributed by atoms with van der Waals surface area (Å²) in [6, 6.07) is 0. The van der Waals surface area contributed by atoms with Crippen LogP contribution in [0.3, 0.4) is 0 Å². The van der Waals surface area contributed by atoms with Gasteiger partial charge in [-0.2, -0.15) is 4.98 Å². The molecule has 0 aromatic carbocycles. The first-order chi connectivity index (χ1) is 13.8. The second-order valence-corrected chi connectivity index (χ2v) is 6.24. The first-order valence-electron chi connectivity index (χ1n) is 8.59. The van der Waals surface area contributed by atoms with Crippen molar-refractivity contribution in [2.45, 2.75) is 44.8 Å². The van der Waals surface area contributed by atoms with Crippen molar-refractivity contribution in [2.24, 2.45) is 0 Å². The molecule has 0 spiro atoms. The lowest BCUT2D eigenvalue weighted by atomic mass is 10.1. The molecule has 3 heterocycles. The van der Waals surface area contributed by atoms with E-state index >= 15 is 0 Å². The molecule has 0 bridgehead atoms. The van der Waals surface area contributed by atoms with Crippen LogP contribution < -0.4 is 11.3 Å². The van der Waals surface area contributed by atoms with Crippen LogP contribution in [0.15, 0.2) is 11.1 Å². The normalized spacial score (nSPS) is 23.7. The van der Waals surface area contributed by atoms with Gasteiger partial charge in [0.2, 0.25) is 5.95 Å². The molecule has 1 aliphatic heterocycles. The zero-order chi connectivity index (χ0) is 21.1. The first kappa shape index (κ1) is 20.3. The topological polar surface area (TPSA) is 178 Å². The third kappa shape index (κ3) is 4.18. The van der Waals surface area contributed by atoms with E-state index < -0.39 is 42.0 Å². The van der Waals surface area contributed by atoms with Crippen molar-refractivity contribution in [3.05, 3.63) is 16.7 Å². The largest absolute Gasteiger partial charge is 0.468 e. The van der Waals surface area contributed by atoms with E-state index in [1.165, 1.54) is 24.7 Å². The van der Waals surface area contributed by atoms with Crippen LogP contribution in [-0.2, 0) is 33.3 Å². The van der Waals surface area contributed by atoms with Crippen LogP contribution in [0.25, 0.3) is 11.2 Å². The molecule has 1 unspecified atom stereocenters. The van der Waals surface area contributed by atoms with E-state index in [0.717, 1.165) is 0 Å². The summed E-state index contributed by atoms with van der Waals surface area (Å²) in [4.78, 5) is 56.1. The number of aromatic nitrogens is 4. The Bertz CT molecular complexity index is 985. The monoisotopic (exact) mass is 409 g/mol. The molecule has 1 saturated heterocycles. The number of nitrogens with zero attached hydrogens (tertiary/aromatic N) is 3. The van der Waals surface area contributed by atoms with Crippen molar-refractivity contribution in [2.75, 3.05) is 12.3 Å². The molecular weight excluding hydrogens is 390 g/mol. The van der Waals surface area contributed by atoms with Crippen molar-refractivity contribution in [3.63, 3.8) is 0 Å². The fourth-order valence-corrected chi connectivity index (χ4v) is 3.18. The Morgan fingerprint density at radius 2 is 2.00 bits per heavy atom. The van der Waals surface area contributed by atoms with Crippen LogP contribution in [0.2, 0.25) is 0 Å². The molecule has 0 radical (unpaired) electrons. The third-order valence-electron chi connectivity index (χ3n) is 4.20. The van der Waals surface area contributed by atoms with E-state index in [1.54, 1.807) is 0 Å². The number of carbonyl (C=O) groups excluding carboxylic acids is 3. The highest BCUT2D eigenvalue weighted by atomic mass is 16.6. The molecule has 2 aromatic heterocycles.